The highest BCUT2D eigenvalue weighted by atomic mass is 19.4. The first-order valence-electron chi connectivity index (χ1n) is 14.0. The molecule has 0 atom stereocenters. The maximum Gasteiger partial charge on any atom is 0.419 e. The molecule has 0 aliphatic carbocycles. The smallest absolute Gasteiger partial charge is 0.419 e. The third-order valence-corrected chi connectivity index (χ3v) is 7.13. The molecule has 2 heterocycles. The lowest BCUT2D eigenvalue weighted by Crippen LogP contribution is -2.41. The number of halogens is 3. The normalized spacial score (nSPS) is 14.3. The van der Waals surface area contributed by atoms with E-state index in [1.807, 2.05) is 32.9 Å². The molecule has 43 heavy (non-hydrogen) atoms. The second-order valence-corrected chi connectivity index (χ2v) is 11.4. The van der Waals surface area contributed by atoms with Gasteiger partial charge in [0.2, 0.25) is 11.9 Å². The third-order valence-electron chi connectivity index (χ3n) is 7.13. The number of ether oxygens (including phenoxy) is 2. The minimum atomic E-state index is -4.64. The predicted molar refractivity (Wildman–Crippen MR) is 155 cm³/mol. The van der Waals surface area contributed by atoms with Gasteiger partial charge in [-0.05, 0) is 87.8 Å². The van der Waals surface area contributed by atoms with Crippen molar-refractivity contribution in [2.24, 2.45) is 5.73 Å². The molecule has 3 N–H and O–H groups in total. The molecule has 1 aromatic heterocycles. The summed E-state index contributed by atoms with van der Waals surface area (Å²) in [4.78, 5) is 33.7. The number of primary amides is 1. The molecule has 0 saturated carbocycles. The summed E-state index contributed by atoms with van der Waals surface area (Å²) in [6.07, 6.45) is -2.51. The molecule has 230 valence electrons. The van der Waals surface area contributed by atoms with Gasteiger partial charge in [-0.1, -0.05) is 18.2 Å². The van der Waals surface area contributed by atoms with E-state index >= 15 is 0 Å². The van der Waals surface area contributed by atoms with E-state index in [9.17, 15) is 22.8 Å². The molecule has 0 spiro atoms. The van der Waals surface area contributed by atoms with E-state index in [0.29, 0.717) is 30.1 Å². The Morgan fingerprint density at radius 1 is 1.07 bits per heavy atom. The van der Waals surface area contributed by atoms with E-state index in [1.54, 1.807) is 35.2 Å². The SMILES string of the molecule is COc1cc(C2CCN(C(=O)OC(C)(C)C)CC2)ccc1Nc1ncc(C(F)(F)F)c(CCc2cccc(C(N)=O)c2)n1. The number of benzene rings is 2. The van der Waals surface area contributed by atoms with Crippen molar-refractivity contribution in [3.63, 3.8) is 0 Å². The van der Waals surface area contributed by atoms with Gasteiger partial charge in [0.15, 0.2) is 0 Å². The summed E-state index contributed by atoms with van der Waals surface area (Å²) in [5.41, 5.74) is 6.13. The maximum atomic E-state index is 13.8. The van der Waals surface area contributed by atoms with Crippen LogP contribution in [0.15, 0.2) is 48.7 Å². The lowest BCUT2D eigenvalue weighted by molar-refractivity contribution is -0.138. The van der Waals surface area contributed by atoms with Crippen LogP contribution in [-0.4, -0.2) is 52.7 Å². The van der Waals surface area contributed by atoms with Gasteiger partial charge in [-0.15, -0.1) is 0 Å². The number of amides is 2. The lowest BCUT2D eigenvalue weighted by atomic mass is 9.89. The van der Waals surface area contributed by atoms with Crippen molar-refractivity contribution >= 4 is 23.6 Å². The number of aromatic nitrogens is 2. The number of nitrogens with two attached hydrogens (primary N) is 1. The van der Waals surface area contributed by atoms with Crippen LogP contribution in [0, 0.1) is 0 Å². The van der Waals surface area contributed by atoms with Crippen molar-refractivity contribution in [3.8, 4) is 5.75 Å². The van der Waals surface area contributed by atoms with Crippen molar-refractivity contribution in [1.82, 2.24) is 14.9 Å². The molecule has 1 saturated heterocycles. The number of alkyl halides is 3. The summed E-state index contributed by atoms with van der Waals surface area (Å²) in [6, 6.07) is 12.0. The Kier molecular flexibility index (Phi) is 9.46. The van der Waals surface area contributed by atoms with Gasteiger partial charge in [-0.2, -0.15) is 13.2 Å². The van der Waals surface area contributed by atoms with Crippen LogP contribution in [0.4, 0.5) is 29.6 Å². The molecule has 1 aliphatic rings. The van der Waals surface area contributed by atoms with E-state index in [0.717, 1.165) is 24.6 Å². The average molecular weight is 600 g/mol. The topological polar surface area (TPSA) is 120 Å². The second-order valence-electron chi connectivity index (χ2n) is 11.4. The number of anilines is 2. The second kappa shape index (κ2) is 12.9. The van der Waals surface area contributed by atoms with E-state index in [1.165, 1.54) is 7.11 Å². The summed E-state index contributed by atoms with van der Waals surface area (Å²) >= 11 is 0. The fourth-order valence-corrected chi connectivity index (χ4v) is 4.95. The standard InChI is InChI=1S/C31H36F3N5O4/c1-30(2,3)43-29(41)39-14-12-20(13-15-39)21-9-11-25(26(17-21)42-4)38-28-36-18-23(31(32,33)34)24(37-28)10-8-19-6-5-7-22(16-19)27(35)40/h5-7,9,11,16-18,20H,8,10,12-15H2,1-4H3,(H2,35,40)(H,36,37,38). The molecule has 1 fully saturated rings. The first-order chi connectivity index (χ1) is 20.2. The van der Waals surface area contributed by atoms with Crippen LogP contribution in [0.1, 0.15) is 72.3 Å². The molecule has 0 unspecified atom stereocenters. The fraction of sp³-hybridized carbons (Fsp3) is 0.419. The van der Waals surface area contributed by atoms with Crippen LogP contribution in [0.3, 0.4) is 0 Å². The van der Waals surface area contributed by atoms with Gasteiger partial charge in [0.1, 0.15) is 11.4 Å². The molecule has 2 amide bonds. The minimum absolute atomic E-state index is 0.00870. The van der Waals surface area contributed by atoms with Gasteiger partial charge >= 0.3 is 12.3 Å². The van der Waals surface area contributed by atoms with Crippen LogP contribution < -0.4 is 15.8 Å². The van der Waals surface area contributed by atoms with Gasteiger partial charge in [0.25, 0.3) is 0 Å². The van der Waals surface area contributed by atoms with Crippen molar-refractivity contribution in [2.45, 2.75) is 64.1 Å². The van der Waals surface area contributed by atoms with Gasteiger partial charge in [0, 0.05) is 24.8 Å². The molecule has 0 radical (unpaired) electrons. The largest absolute Gasteiger partial charge is 0.495 e. The Morgan fingerprint density at radius 2 is 1.79 bits per heavy atom. The van der Waals surface area contributed by atoms with Crippen LogP contribution in [0.2, 0.25) is 0 Å². The number of rotatable bonds is 8. The number of methoxy groups -OCH3 is 1. The van der Waals surface area contributed by atoms with Crippen molar-refractivity contribution in [3.05, 3.63) is 76.6 Å². The van der Waals surface area contributed by atoms with Gasteiger partial charge in [0.05, 0.1) is 24.1 Å². The highest BCUT2D eigenvalue weighted by Gasteiger charge is 2.35. The quantitative estimate of drug-likeness (QED) is 0.314. The number of hydrogen-bond acceptors (Lipinski definition) is 7. The first-order valence-corrected chi connectivity index (χ1v) is 14.0. The van der Waals surface area contributed by atoms with E-state index in [4.69, 9.17) is 15.2 Å². The Bertz CT molecular complexity index is 1460. The summed E-state index contributed by atoms with van der Waals surface area (Å²) in [6.45, 7) is 6.64. The zero-order chi connectivity index (χ0) is 31.4. The Balaban J connectivity index is 1.48. The molecule has 1 aliphatic heterocycles. The monoisotopic (exact) mass is 599 g/mol. The van der Waals surface area contributed by atoms with Gasteiger partial charge < -0.3 is 25.4 Å². The minimum Gasteiger partial charge on any atom is -0.495 e. The number of nitrogens with one attached hydrogen (secondary N) is 1. The zero-order valence-corrected chi connectivity index (χ0v) is 24.6. The number of piperidine rings is 1. The van der Waals surface area contributed by atoms with Crippen LogP contribution in [-0.2, 0) is 23.8 Å². The molecule has 9 nitrogen and oxygen atoms in total. The van der Waals surface area contributed by atoms with Gasteiger partial charge in [-0.3, -0.25) is 4.79 Å². The molecular weight excluding hydrogens is 563 g/mol. The van der Waals surface area contributed by atoms with Crippen molar-refractivity contribution in [2.75, 3.05) is 25.5 Å². The Labute approximate surface area is 248 Å². The average Bonchev–Trinajstić information content (AvgIpc) is 2.95. The number of hydrogen-bond donors (Lipinski definition) is 2. The molecule has 2 aromatic carbocycles. The number of likely N-dealkylation sites (tertiary alicyclic amines) is 1. The summed E-state index contributed by atoms with van der Waals surface area (Å²) in [5.74, 6) is 0.0622. The molecule has 0 bridgehead atoms. The number of nitrogens with zero attached hydrogens (tertiary/aromatic N) is 3. The van der Waals surface area contributed by atoms with Crippen LogP contribution in [0.5, 0.6) is 5.75 Å². The highest BCUT2D eigenvalue weighted by Crippen LogP contribution is 2.36. The Morgan fingerprint density at radius 3 is 2.42 bits per heavy atom. The van der Waals surface area contributed by atoms with Gasteiger partial charge in [-0.25, -0.2) is 14.8 Å². The van der Waals surface area contributed by atoms with Crippen molar-refractivity contribution < 1.29 is 32.2 Å². The molecular formula is C31H36F3N5O4. The molecule has 12 heteroatoms. The number of carbonyl (C=O) groups is 2. The molecule has 4 rings (SSSR count). The highest BCUT2D eigenvalue weighted by molar-refractivity contribution is 5.92. The van der Waals surface area contributed by atoms with E-state index in [2.05, 4.69) is 15.3 Å². The summed E-state index contributed by atoms with van der Waals surface area (Å²) in [7, 11) is 1.51. The third kappa shape index (κ3) is 8.36. The maximum absolute atomic E-state index is 13.8. The van der Waals surface area contributed by atoms with Crippen LogP contribution >= 0.6 is 0 Å². The fourth-order valence-electron chi connectivity index (χ4n) is 4.95. The lowest BCUT2D eigenvalue weighted by Gasteiger charge is -2.33. The predicted octanol–water partition coefficient (Wildman–Crippen LogP) is 6.25. The van der Waals surface area contributed by atoms with E-state index in [-0.39, 0.29) is 42.1 Å². The first kappa shape index (κ1) is 31.6. The van der Waals surface area contributed by atoms with E-state index < -0.39 is 23.2 Å². The zero-order valence-electron chi connectivity index (χ0n) is 24.6. The summed E-state index contributed by atoms with van der Waals surface area (Å²) in [5, 5.41) is 2.99. The number of carbonyl (C=O) groups excluding carboxylic acids is 2. The Hall–Kier alpha value is -4.35. The summed E-state index contributed by atoms with van der Waals surface area (Å²) < 4.78 is 52.4. The van der Waals surface area contributed by atoms with Crippen LogP contribution in [0.25, 0.3) is 0 Å². The number of aryl methyl sites for hydroxylation is 2. The molecule has 3 aromatic rings. The van der Waals surface area contributed by atoms with Crippen molar-refractivity contribution in [1.29, 1.82) is 0 Å².